The number of halogens is 2. The third kappa shape index (κ3) is 7.49. The highest BCUT2D eigenvalue weighted by atomic mass is 35.5. The molecule has 0 saturated carbocycles. The maximum atomic E-state index is 6.22. The van der Waals surface area contributed by atoms with Gasteiger partial charge in [0.05, 0.1) is 15.8 Å². The maximum Gasteiger partial charge on any atom is 0.0972 e. The maximum absolute atomic E-state index is 6.22. The summed E-state index contributed by atoms with van der Waals surface area (Å²) in [4.78, 5) is 5.74. The lowest BCUT2D eigenvalue weighted by Gasteiger charge is -2.06. The van der Waals surface area contributed by atoms with Gasteiger partial charge in [-0.2, -0.15) is 0 Å². The molecule has 2 aromatic rings. The molecular formula is C20H21Cl2NS2. The summed E-state index contributed by atoms with van der Waals surface area (Å²) >= 11 is 15.5. The number of thioether (sulfide) groups is 2. The minimum Gasteiger partial charge on any atom is -0.242 e. The van der Waals surface area contributed by atoms with Gasteiger partial charge in [-0.15, -0.1) is 11.8 Å². The topological polar surface area (TPSA) is 12.4 Å². The molecule has 0 N–H and O–H groups in total. The van der Waals surface area contributed by atoms with Gasteiger partial charge in [-0.3, -0.25) is 0 Å². The Morgan fingerprint density at radius 2 is 1.84 bits per heavy atom. The highest BCUT2D eigenvalue weighted by molar-refractivity contribution is 8.14. The predicted molar refractivity (Wildman–Crippen MR) is 117 cm³/mol. The van der Waals surface area contributed by atoms with E-state index in [2.05, 4.69) is 32.9 Å². The van der Waals surface area contributed by atoms with E-state index in [1.54, 1.807) is 29.6 Å². The molecule has 0 radical (unpaired) electrons. The number of aryl methyl sites for hydroxylation is 1. The molecule has 0 fully saturated rings. The molecule has 0 saturated heterocycles. The first kappa shape index (κ1) is 20.4. The number of benzene rings is 2. The molecule has 5 heteroatoms. The Bertz CT molecular complexity index is 753. The highest BCUT2D eigenvalue weighted by Crippen LogP contribution is 2.30. The Morgan fingerprint density at radius 1 is 1.12 bits per heavy atom. The minimum absolute atomic E-state index is 0.611. The van der Waals surface area contributed by atoms with Crippen LogP contribution < -0.4 is 0 Å². The number of hydrogen-bond donors (Lipinski definition) is 0. The lowest BCUT2D eigenvalue weighted by atomic mass is 10.2. The van der Waals surface area contributed by atoms with Crippen LogP contribution in [0.4, 0.5) is 5.69 Å². The Labute approximate surface area is 168 Å². The Hall–Kier alpha value is -0.870. The zero-order valence-electron chi connectivity index (χ0n) is 14.5. The van der Waals surface area contributed by atoms with E-state index in [9.17, 15) is 0 Å². The van der Waals surface area contributed by atoms with Crippen molar-refractivity contribution in [1.29, 1.82) is 0 Å². The van der Waals surface area contributed by atoms with E-state index >= 15 is 0 Å². The van der Waals surface area contributed by atoms with E-state index in [0.717, 1.165) is 21.4 Å². The van der Waals surface area contributed by atoms with Gasteiger partial charge in [0, 0.05) is 15.7 Å². The second-order valence-corrected chi connectivity index (χ2v) is 8.82. The lowest BCUT2D eigenvalue weighted by Crippen LogP contribution is -1.95. The molecule has 0 aliphatic heterocycles. The van der Waals surface area contributed by atoms with Crippen LogP contribution in [0, 0.1) is 12.8 Å². The van der Waals surface area contributed by atoms with Gasteiger partial charge >= 0.3 is 0 Å². The summed E-state index contributed by atoms with van der Waals surface area (Å²) in [5.41, 5.74) is 2.20. The average molecular weight is 410 g/mol. The zero-order valence-corrected chi connectivity index (χ0v) is 17.6. The summed E-state index contributed by atoms with van der Waals surface area (Å²) in [5.74, 6) is 1.64. The summed E-state index contributed by atoms with van der Waals surface area (Å²) < 4.78 is 0. The van der Waals surface area contributed by atoms with Crippen LogP contribution in [0.5, 0.6) is 0 Å². The molecule has 0 aromatic heterocycles. The molecule has 0 bridgehead atoms. The summed E-state index contributed by atoms with van der Waals surface area (Å²) in [7, 11) is 0. The summed E-state index contributed by atoms with van der Waals surface area (Å²) in [6, 6.07) is 13.8. The first-order valence-corrected chi connectivity index (χ1v) is 10.6. The fraction of sp³-hybridized carbons (Fsp3) is 0.250. The molecule has 0 unspecified atom stereocenters. The SMILES string of the molecule is Cc1ccc(N=C(C=CSc2ccc(Cl)cc2Cl)SCC(C)C)cc1. The lowest BCUT2D eigenvalue weighted by molar-refractivity contribution is 0.752. The molecule has 2 rings (SSSR count). The first-order valence-electron chi connectivity index (χ1n) is 8.00. The second kappa shape index (κ2) is 10.3. The van der Waals surface area contributed by atoms with Crippen molar-refractivity contribution >= 4 is 57.5 Å². The molecule has 0 heterocycles. The van der Waals surface area contributed by atoms with Gasteiger partial charge in [0.1, 0.15) is 0 Å². The van der Waals surface area contributed by atoms with Crippen LogP contribution >= 0.6 is 46.7 Å². The van der Waals surface area contributed by atoms with Gasteiger partial charge in [-0.25, -0.2) is 4.99 Å². The molecule has 1 nitrogen and oxygen atoms in total. The van der Waals surface area contributed by atoms with Gasteiger partial charge in [0.25, 0.3) is 0 Å². The second-order valence-electron chi connectivity index (χ2n) is 5.99. The van der Waals surface area contributed by atoms with E-state index in [1.165, 1.54) is 5.56 Å². The van der Waals surface area contributed by atoms with E-state index in [4.69, 9.17) is 28.2 Å². The molecule has 0 spiro atoms. The Morgan fingerprint density at radius 3 is 2.48 bits per heavy atom. The highest BCUT2D eigenvalue weighted by Gasteiger charge is 2.03. The molecule has 0 amide bonds. The fourth-order valence-corrected chi connectivity index (χ4v) is 3.98. The third-order valence-corrected chi connectivity index (χ3v) is 6.04. The predicted octanol–water partition coefficient (Wildman–Crippen LogP) is 8.03. The van der Waals surface area contributed by atoms with Gasteiger partial charge in [0.2, 0.25) is 0 Å². The van der Waals surface area contributed by atoms with Crippen LogP contribution in [-0.2, 0) is 0 Å². The molecule has 0 aliphatic rings. The zero-order chi connectivity index (χ0) is 18.2. The third-order valence-electron chi connectivity index (χ3n) is 3.14. The van der Waals surface area contributed by atoms with E-state index in [-0.39, 0.29) is 0 Å². The van der Waals surface area contributed by atoms with Gasteiger partial charge in [0.15, 0.2) is 0 Å². The monoisotopic (exact) mass is 409 g/mol. The van der Waals surface area contributed by atoms with Gasteiger partial charge in [-0.1, -0.05) is 66.5 Å². The Balaban J connectivity index is 2.12. The fourth-order valence-electron chi connectivity index (χ4n) is 1.85. The minimum atomic E-state index is 0.611. The quantitative estimate of drug-likeness (QED) is 0.271. The van der Waals surface area contributed by atoms with E-state index < -0.39 is 0 Å². The number of nitrogens with zero attached hydrogens (tertiary/aromatic N) is 1. The molecular weight excluding hydrogens is 389 g/mol. The molecule has 0 atom stereocenters. The van der Waals surface area contributed by atoms with Crippen molar-refractivity contribution in [1.82, 2.24) is 0 Å². The van der Waals surface area contributed by atoms with Crippen molar-refractivity contribution in [2.45, 2.75) is 25.7 Å². The molecule has 25 heavy (non-hydrogen) atoms. The van der Waals surface area contributed by atoms with Crippen molar-refractivity contribution < 1.29 is 0 Å². The largest absolute Gasteiger partial charge is 0.242 e. The molecule has 132 valence electrons. The normalized spacial score (nSPS) is 12.3. The van der Waals surface area contributed by atoms with Gasteiger partial charge < -0.3 is 0 Å². The van der Waals surface area contributed by atoms with Crippen LogP contribution in [0.15, 0.2) is 63.8 Å². The number of rotatable bonds is 6. The summed E-state index contributed by atoms with van der Waals surface area (Å²) in [6.07, 6.45) is 2.04. The van der Waals surface area contributed by atoms with Crippen LogP contribution in [-0.4, -0.2) is 10.8 Å². The average Bonchev–Trinajstić information content (AvgIpc) is 2.56. The van der Waals surface area contributed by atoms with E-state index in [1.807, 2.05) is 35.7 Å². The van der Waals surface area contributed by atoms with Gasteiger partial charge in [-0.05, 0) is 54.7 Å². The number of aliphatic imine (C=N–C) groups is 1. The standard InChI is InChI=1S/C20H21Cl2NS2/c1-14(2)13-25-20(23-17-7-4-15(3)5-8-17)10-11-24-19-9-6-16(21)12-18(19)22/h4-12,14H,13H2,1-3H3. The van der Waals surface area contributed by atoms with Crippen LogP contribution in [0.25, 0.3) is 0 Å². The van der Waals surface area contributed by atoms with Crippen molar-refractivity contribution in [3.05, 3.63) is 69.6 Å². The van der Waals surface area contributed by atoms with Crippen molar-refractivity contribution in [3.63, 3.8) is 0 Å². The smallest absolute Gasteiger partial charge is 0.0972 e. The van der Waals surface area contributed by atoms with E-state index in [0.29, 0.717) is 16.0 Å². The summed E-state index contributed by atoms with van der Waals surface area (Å²) in [5, 5.41) is 4.33. The van der Waals surface area contributed by atoms with Crippen LogP contribution in [0.1, 0.15) is 19.4 Å². The molecule has 0 aliphatic carbocycles. The summed E-state index contributed by atoms with van der Waals surface area (Å²) in [6.45, 7) is 6.50. The first-order chi connectivity index (χ1) is 11.9. The van der Waals surface area contributed by atoms with Crippen molar-refractivity contribution in [2.24, 2.45) is 10.9 Å². The van der Waals surface area contributed by atoms with Crippen LogP contribution in [0.2, 0.25) is 10.0 Å². The van der Waals surface area contributed by atoms with Crippen molar-refractivity contribution in [2.75, 3.05) is 5.75 Å². The number of hydrogen-bond acceptors (Lipinski definition) is 3. The molecule has 2 aromatic carbocycles. The Kier molecular flexibility index (Phi) is 8.44. The van der Waals surface area contributed by atoms with Crippen LogP contribution in [0.3, 0.4) is 0 Å². The van der Waals surface area contributed by atoms with Crippen molar-refractivity contribution in [3.8, 4) is 0 Å².